The Morgan fingerprint density at radius 1 is 1.18 bits per heavy atom. The van der Waals surface area contributed by atoms with E-state index in [4.69, 9.17) is 0 Å². The Bertz CT molecular complexity index is 934. The van der Waals surface area contributed by atoms with E-state index in [1.54, 1.807) is 6.92 Å². The maximum atomic E-state index is 14.2. The number of benzene rings is 2. The highest BCUT2D eigenvalue weighted by Gasteiger charge is 2.47. The first kappa shape index (κ1) is 19.5. The minimum absolute atomic E-state index is 0.195. The van der Waals surface area contributed by atoms with Crippen LogP contribution in [-0.2, 0) is 22.4 Å². The number of likely N-dealkylation sites (N-methyl/N-ethyl adjacent to an activating group) is 1. The first-order chi connectivity index (χ1) is 13.2. The zero-order valence-corrected chi connectivity index (χ0v) is 15.5. The van der Waals surface area contributed by atoms with Gasteiger partial charge in [0.15, 0.2) is 0 Å². The molecular weight excluding hydrogens is 365 g/mol. The molecule has 2 atom stereocenters. The van der Waals surface area contributed by atoms with Gasteiger partial charge < -0.3 is 10.2 Å². The van der Waals surface area contributed by atoms with Crippen molar-refractivity contribution in [3.05, 3.63) is 75.6 Å². The second kappa shape index (κ2) is 7.38. The van der Waals surface area contributed by atoms with Crippen LogP contribution in [0, 0.1) is 15.9 Å². The summed E-state index contributed by atoms with van der Waals surface area (Å²) in [7, 11) is 1.46. The van der Waals surface area contributed by atoms with Gasteiger partial charge in [0.2, 0.25) is 11.8 Å². The molecule has 0 saturated carbocycles. The lowest BCUT2D eigenvalue weighted by atomic mass is 9.86. The van der Waals surface area contributed by atoms with Gasteiger partial charge in [0.25, 0.3) is 5.69 Å². The van der Waals surface area contributed by atoms with Gasteiger partial charge in [0.1, 0.15) is 17.4 Å². The Kier molecular flexibility index (Phi) is 5.13. The number of nitrogens with one attached hydrogen (secondary N) is 1. The highest BCUT2D eigenvalue weighted by Crippen LogP contribution is 2.27. The number of hydrogen-bond acceptors (Lipinski definition) is 4. The third-order valence-corrected chi connectivity index (χ3v) is 5.05. The quantitative estimate of drug-likeness (QED) is 0.631. The molecule has 28 heavy (non-hydrogen) atoms. The molecule has 1 aliphatic rings. The summed E-state index contributed by atoms with van der Waals surface area (Å²) >= 11 is 0. The van der Waals surface area contributed by atoms with E-state index < -0.39 is 33.9 Å². The molecule has 7 nitrogen and oxygen atoms in total. The van der Waals surface area contributed by atoms with E-state index in [0.29, 0.717) is 6.42 Å². The van der Waals surface area contributed by atoms with E-state index >= 15 is 0 Å². The summed E-state index contributed by atoms with van der Waals surface area (Å²) in [5.41, 5.74) is -0.870. The highest BCUT2D eigenvalue weighted by molar-refractivity contribution is 5.99. The summed E-state index contributed by atoms with van der Waals surface area (Å²) in [6.45, 7) is 1.64. The van der Waals surface area contributed by atoms with Crippen LogP contribution in [0.3, 0.4) is 0 Å². The van der Waals surface area contributed by atoms with Gasteiger partial charge in [0, 0.05) is 26.0 Å². The van der Waals surface area contributed by atoms with Gasteiger partial charge in [0.05, 0.1) is 10.5 Å². The minimum atomic E-state index is -1.15. The van der Waals surface area contributed by atoms with Crippen molar-refractivity contribution in [2.45, 2.75) is 31.3 Å². The molecule has 0 aromatic heterocycles. The van der Waals surface area contributed by atoms with Crippen LogP contribution in [0.1, 0.15) is 18.1 Å². The molecule has 2 amide bonds. The number of nitrogens with zero attached hydrogens (tertiary/aromatic N) is 2. The second-order valence-corrected chi connectivity index (χ2v) is 7.11. The van der Waals surface area contributed by atoms with Crippen molar-refractivity contribution in [3.8, 4) is 0 Å². The minimum Gasteiger partial charge on any atom is -0.340 e. The third kappa shape index (κ3) is 3.58. The van der Waals surface area contributed by atoms with E-state index in [-0.39, 0.29) is 17.9 Å². The monoisotopic (exact) mass is 385 g/mol. The Morgan fingerprint density at radius 3 is 2.50 bits per heavy atom. The smallest absolute Gasteiger partial charge is 0.275 e. The maximum absolute atomic E-state index is 14.2. The van der Waals surface area contributed by atoms with E-state index in [1.165, 1.54) is 24.1 Å². The van der Waals surface area contributed by atoms with E-state index in [0.717, 1.165) is 11.6 Å². The number of piperazine rings is 1. The van der Waals surface area contributed by atoms with E-state index in [9.17, 15) is 24.1 Å². The fourth-order valence-corrected chi connectivity index (χ4v) is 3.58. The molecule has 0 spiro atoms. The second-order valence-electron chi connectivity index (χ2n) is 7.11. The molecule has 0 radical (unpaired) electrons. The van der Waals surface area contributed by atoms with Gasteiger partial charge in [-0.15, -0.1) is 0 Å². The predicted octanol–water partition coefficient (Wildman–Crippen LogP) is 2.23. The van der Waals surface area contributed by atoms with Crippen LogP contribution in [0.15, 0.2) is 48.5 Å². The number of nitro benzene ring substituents is 1. The number of nitro groups is 1. The molecule has 8 heteroatoms. The number of halogens is 1. The number of hydrogen-bond donors (Lipinski definition) is 1. The van der Waals surface area contributed by atoms with Gasteiger partial charge in [-0.2, -0.15) is 0 Å². The van der Waals surface area contributed by atoms with Gasteiger partial charge in [-0.3, -0.25) is 19.7 Å². The number of rotatable bonds is 5. The zero-order chi connectivity index (χ0) is 20.5. The normalized spacial score (nSPS) is 22.1. The van der Waals surface area contributed by atoms with Crippen LogP contribution in [0.25, 0.3) is 0 Å². The molecule has 1 aliphatic heterocycles. The van der Waals surface area contributed by atoms with Crippen LogP contribution in [0.4, 0.5) is 10.1 Å². The molecule has 0 aliphatic carbocycles. The maximum Gasteiger partial charge on any atom is 0.275 e. The number of amides is 2. The summed E-state index contributed by atoms with van der Waals surface area (Å²) in [5.74, 6) is -1.58. The Labute approximate surface area is 161 Å². The first-order valence-corrected chi connectivity index (χ1v) is 8.78. The topological polar surface area (TPSA) is 92.6 Å². The molecule has 1 saturated heterocycles. The number of carbonyl (C=O) groups excluding carboxylic acids is 2. The Hall–Kier alpha value is -3.29. The highest BCUT2D eigenvalue weighted by atomic mass is 19.1. The lowest BCUT2D eigenvalue weighted by molar-refractivity contribution is -0.385. The van der Waals surface area contributed by atoms with Gasteiger partial charge in [-0.1, -0.05) is 36.4 Å². The van der Waals surface area contributed by atoms with Crippen molar-refractivity contribution >= 4 is 17.5 Å². The molecule has 3 rings (SSSR count). The Balaban J connectivity index is 1.87. The van der Waals surface area contributed by atoms with Crippen molar-refractivity contribution in [2.75, 3.05) is 7.05 Å². The average Bonchev–Trinajstić information content (AvgIpc) is 2.65. The molecule has 2 aromatic rings. The molecule has 1 N–H and O–H groups in total. The molecule has 0 bridgehead atoms. The molecule has 2 aromatic carbocycles. The van der Waals surface area contributed by atoms with Crippen molar-refractivity contribution in [1.29, 1.82) is 0 Å². The molecule has 146 valence electrons. The Morgan fingerprint density at radius 2 is 1.86 bits per heavy atom. The SMILES string of the molecule is CN1C(=O)C(C)(Cc2ccccc2)NC(=O)C1Cc1c(F)cccc1[N+](=O)[O-]. The van der Waals surface area contributed by atoms with Crippen molar-refractivity contribution in [2.24, 2.45) is 0 Å². The predicted molar refractivity (Wildman–Crippen MR) is 100 cm³/mol. The molecule has 1 heterocycles. The van der Waals surface area contributed by atoms with Crippen molar-refractivity contribution in [1.82, 2.24) is 10.2 Å². The lowest BCUT2D eigenvalue weighted by Gasteiger charge is -2.43. The summed E-state index contributed by atoms with van der Waals surface area (Å²) < 4.78 is 14.2. The summed E-state index contributed by atoms with van der Waals surface area (Å²) in [4.78, 5) is 37.5. The van der Waals surface area contributed by atoms with Crippen molar-refractivity contribution in [3.63, 3.8) is 0 Å². The summed E-state index contributed by atoms with van der Waals surface area (Å²) in [6.07, 6.45) is 0.0216. The van der Waals surface area contributed by atoms with Gasteiger partial charge in [-0.05, 0) is 18.6 Å². The van der Waals surface area contributed by atoms with Crippen LogP contribution < -0.4 is 5.32 Å². The first-order valence-electron chi connectivity index (χ1n) is 8.78. The standard InChI is InChI=1S/C20H20FN3O4/c1-20(12-13-7-4-3-5-8-13)19(26)23(2)17(18(25)22-20)11-14-15(21)9-6-10-16(14)24(27)28/h3-10,17H,11-12H2,1-2H3,(H,22,25). The fraction of sp³-hybridized carbons (Fsp3) is 0.300. The van der Waals surface area contributed by atoms with E-state index in [2.05, 4.69) is 5.32 Å². The molecular formula is C20H20FN3O4. The summed E-state index contributed by atoms with van der Waals surface area (Å²) in [5, 5.41) is 13.9. The van der Waals surface area contributed by atoms with E-state index in [1.807, 2.05) is 30.3 Å². The van der Waals surface area contributed by atoms with Crippen LogP contribution >= 0.6 is 0 Å². The van der Waals surface area contributed by atoms with Gasteiger partial charge in [-0.25, -0.2) is 4.39 Å². The number of carbonyl (C=O) groups is 2. The molecule has 1 fully saturated rings. The molecule has 2 unspecified atom stereocenters. The van der Waals surface area contributed by atoms with Crippen LogP contribution in [0.5, 0.6) is 0 Å². The third-order valence-electron chi connectivity index (χ3n) is 5.05. The van der Waals surface area contributed by atoms with Crippen molar-refractivity contribution < 1.29 is 18.9 Å². The summed E-state index contributed by atoms with van der Waals surface area (Å²) in [6, 6.07) is 11.8. The lowest BCUT2D eigenvalue weighted by Crippen LogP contribution is -2.69. The van der Waals surface area contributed by atoms with Crippen LogP contribution in [0.2, 0.25) is 0 Å². The average molecular weight is 385 g/mol. The fourth-order valence-electron chi connectivity index (χ4n) is 3.58. The zero-order valence-electron chi connectivity index (χ0n) is 15.5. The van der Waals surface area contributed by atoms with Crippen LogP contribution in [-0.4, -0.2) is 40.3 Å². The largest absolute Gasteiger partial charge is 0.340 e. The van der Waals surface area contributed by atoms with Gasteiger partial charge >= 0.3 is 0 Å².